The van der Waals surface area contributed by atoms with Crippen molar-refractivity contribution in [3.63, 3.8) is 0 Å². The molecule has 0 saturated heterocycles. The van der Waals surface area contributed by atoms with Gasteiger partial charge in [-0.1, -0.05) is 0 Å². The van der Waals surface area contributed by atoms with Gasteiger partial charge in [-0.2, -0.15) is 0 Å². The Morgan fingerprint density at radius 1 is 1.90 bits per heavy atom. The molecule has 0 saturated carbocycles. The van der Waals surface area contributed by atoms with Gasteiger partial charge in [0.15, 0.2) is 0 Å². The van der Waals surface area contributed by atoms with Crippen molar-refractivity contribution >= 4 is 17.7 Å². The standard InChI is InChI=1S/C6H8O3S/c1-10-4-8-6-3-2-5(7)9-6/h2-3,6H,4H2,1H3/t6-/m1/s1. The number of hydrogen-bond donors (Lipinski definition) is 0. The van der Waals surface area contributed by atoms with Crippen LogP contribution in [0.25, 0.3) is 0 Å². The summed E-state index contributed by atoms with van der Waals surface area (Å²) < 4.78 is 9.73. The third kappa shape index (κ3) is 2.04. The van der Waals surface area contributed by atoms with E-state index in [-0.39, 0.29) is 5.97 Å². The molecule has 0 aromatic heterocycles. The molecule has 10 heavy (non-hydrogen) atoms. The predicted molar refractivity (Wildman–Crippen MR) is 38.5 cm³/mol. The van der Waals surface area contributed by atoms with Crippen molar-refractivity contribution in [2.24, 2.45) is 0 Å². The average Bonchev–Trinajstić information content (AvgIpc) is 2.31. The summed E-state index contributed by atoms with van der Waals surface area (Å²) >= 11 is 1.54. The van der Waals surface area contributed by atoms with E-state index in [1.807, 2.05) is 6.26 Å². The van der Waals surface area contributed by atoms with Gasteiger partial charge < -0.3 is 9.47 Å². The van der Waals surface area contributed by atoms with Gasteiger partial charge in [0.2, 0.25) is 6.29 Å². The number of thioether (sulfide) groups is 1. The van der Waals surface area contributed by atoms with E-state index >= 15 is 0 Å². The molecule has 3 nitrogen and oxygen atoms in total. The minimum Gasteiger partial charge on any atom is -0.429 e. The van der Waals surface area contributed by atoms with Crippen LogP contribution in [0.2, 0.25) is 0 Å². The third-order valence-corrected chi connectivity index (χ3v) is 1.34. The molecule has 0 radical (unpaired) electrons. The highest BCUT2D eigenvalue weighted by Gasteiger charge is 2.15. The molecule has 56 valence electrons. The lowest BCUT2D eigenvalue weighted by Gasteiger charge is -2.07. The van der Waals surface area contributed by atoms with Gasteiger partial charge >= 0.3 is 5.97 Å². The molecule has 0 aromatic rings. The number of esters is 1. The van der Waals surface area contributed by atoms with Crippen LogP contribution >= 0.6 is 11.8 Å². The zero-order valence-corrected chi connectivity index (χ0v) is 6.39. The Kier molecular flexibility index (Phi) is 2.77. The highest BCUT2D eigenvalue weighted by Crippen LogP contribution is 2.07. The molecule has 0 aliphatic carbocycles. The van der Waals surface area contributed by atoms with Crippen LogP contribution in [0.1, 0.15) is 0 Å². The summed E-state index contributed by atoms with van der Waals surface area (Å²) in [7, 11) is 0. The van der Waals surface area contributed by atoms with Crippen LogP contribution in [-0.2, 0) is 14.3 Å². The summed E-state index contributed by atoms with van der Waals surface area (Å²) in [6.45, 7) is 0. The topological polar surface area (TPSA) is 35.5 Å². The SMILES string of the molecule is CSCO[C@H]1C=CC(=O)O1. The number of cyclic esters (lactones) is 1. The molecule has 0 N–H and O–H groups in total. The average molecular weight is 160 g/mol. The lowest BCUT2D eigenvalue weighted by Crippen LogP contribution is -2.11. The van der Waals surface area contributed by atoms with Gasteiger partial charge in [0, 0.05) is 6.08 Å². The van der Waals surface area contributed by atoms with Crippen molar-refractivity contribution in [2.45, 2.75) is 6.29 Å². The van der Waals surface area contributed by atoms with Crippen molar-refractivity contribution in [1.29, 1.82) is 0 Å². The molecule has 0 bridgehead atoms. The Morgan fingerprint density at radius 3 is 3.20 bits per heavy atom. The summed E-state index contributed by atoms with van der Waals surface area (Å²) in [6, 6.07) is 0. The van der Waals surface area contributed by atoms with Crippen molar-refractivity contribution in [3.8, 4) is 0 Å². The highest BCUT2D eigenvalue weighted by atomic mass is 32.2. The third-order valence-electron chi connectivity index (χ3n) is 0.972. The van der Waals surface area contributed by atoms with Crippen LogP contribution in [0.15, 0.2) is 12.2 Å². The van der Waals surface area contributed by atoms with Crippen molar-refractivity contribution in [3.05, 3.63) is 12.2 Å². The molecule has 0 spiro atoms. The molecule has 1 atom stereocenters. The van der Waals surface area contributed by atoms with Gasteiger partial charge in [-0.3, -0.25) is 0 Å². The van der Waals surface area contributed by atoms with Gasteiger partial charge in [0.05, 0.1) is 5.94 Å². The monoisotopic (exact) mass is 160 g/mol. The Hall–Kier alpha value is -0.480. The fourth-order valence-electron chi connectivity index (χ4n) is 0.575. The van der Waals surface area contributed by atoms with Gasteiger partial charge in [0.1, 0.15) is 0 Å². The Labute approximate surface area is 63.4 Å². The highest BCUT2D eigenvalue weighted by molar-refractivity contribution is 7.98. The smallest absolute Gasteiger partial charge is 0.333 e. The second-order valence-electron chi connectivity index (χ2n) is 1.74. The minimum absolute atomic E-state index is 0.328. The fourth-order valence-corrected chi connectivity index (χ4v) is 0.845. The van der Waals surface area contributed by atoms with E-state index in [2.05, 4.69) is 4.74 Å². The van der Waals surface area contributed by atoms with Gasteiger partial charge in [-0.15, -0.1) is 11.8 Å². The quantitative estimate of drug-likeness (QED) is 0.451. The van der Waals surface area contributed by atoms with Crippen LogP contribution in [0, 0.1) is 0 Å². The van der Waals surface area contributed by atoms with E-state index in [1.165, 1.54) is 6.08 Å². The molecule has 4 heteroatoms. The number of carbonyl (C=O) groups is 1. The van der Waals surface area contributed by atoms with Gasteiger partial charge in [-0.05, 0) is 12.3 Å². The van der Waals surface area contributed by atoms with Crippen molar-refractivity contribution < 1.29 is 14.3 Å². The number of rotatable bonds is 3. The van der Waals surface area contributed by atoms with Crippen LogP contribution in [0.4, 0.5) is 0 Å². The Bertz CT molecular complexity index is 155. The summed E-state index contributed by atoms with van der Waals surface area (Å²) in [4.78, 5) is 10.4. The molecule has 1 heterocycles. The molecule has 0 amide bonds. The largest absolute Gasteiger partial charge is 0.429 e. The molecular formula is C6H8O3S. The first-order valence-corrected chi connectivity index (χ1v) is 4.21. The van der Waals surface area contributed by atoms with E-state index in [4.69, 9.17) is 4.74 Å². The molecule has 1 aliphatic rings. The van der Waals surface area contributed by atoms with Crippen molar-refractivity contribution in [1.82, 2.24) is 0 Å². The first kappa shape index (κ1) is 7.63. The molecule has 0 aromatic carbocycles. The van der Waals surface area contributed by atoms with E-state index in [0.717, 1.165) is 0 Å². The maximum Gasteiger partial charge on any atom is 0.333 e. The van der Waals surface area contributed by atoms with Crippen LogP contribution < -0.4 is 0 Å². The fraction of sp³-hybridized carbons (Fsp3) is 0.500. The lowest BCUT2D eigenvalue weighted by molar-refractivity contribution is -0.155. The van der Waals surface area contributed by atoms with E-state index in [1.54, 1.807) is 17.8 Å². The van der Waals surface area contributed by atoms with E-state index < -0.39 is 6.29 Å². The van der Waals surface area contributed by atoms with Gasteiger partial charge in [-0.25, -0.2) is 4.79 Å². The van der Waals surface area contributed by atoms with E-state index in [0.29, 0.717) is 5.94 Å². The second-order valence-corrected chi connectivity index (χ2v) is 2.55. The zero-order chi connectivity index (χ0) is 7.40. The minimum atomic E-state index is -0.458. The molecular weight excluding hydrogens is 152 g/mol. The van der Waals surface area contributed by atoms with Crippen LogP contribution in [0.3, 0.4) is 0 Å². The van der Waals surface area contributed by atoms with Crippen LogP contribution in [0.5, 0.6) is 0 Å². The summed E-state index contributed by atoms with van der Waals surface area (Å²) in [5, 5.41) is 0. The Morgan fingerprint density at radius 2 is 2.70 bits per heavy atom. The molecule has 1 rings (SSSR count). The maximum atomic E-state index is 10.4. The van der Waals surface area contributed by atoms with E-state index in [9.17, 15) is 4.79 Å². The predicted octanol–water partition coefficient (Wildman–Crippen LogP) is 0.763. The molecule has 1 aliphatic heterocycles. The number of ether oxygens (including phenoxy) is 2. The first-order valence-electron chi connectivity index (χ1n) is 2.82. The summed E-state index contributed by atoms with van der Waals surface area (Å²) in [6.07, 6.45) is 4.42. The Balaban J connectivity index is 2.20. The number of hydrogen-bond acceptors (Lipinski definition) is 4. The first-order chi connectivity index (χ1) is 4.83. The second kappa shape index (κ2) is 3.63. The normalized spacial score (nSPS) is 23.3. The number of carbonyl (C=O) groups excluding carboxylic acids is 1. The maximum absolute atomic E-state index is 10.4. The van der Waals surface area contributed by atoms with Gasteiger partial charge in [0.25, 0.3) is 0 Å². The summed E-state index contributed by atoms with van der Waals surface area (Å²) in [5.41, 5.74) is 0. The van der Waals surface area contributed by atoms with Crippen LogP contribution in [-0.4, -0.2) is 24.5 Å². The molecule has 0 unspecified atom stereocenters. The lowest BCUT2D eigenvalue weighted by atomic mass is 10.5. The molecule has 0 fully saturated rings. The summed E-state index contributed by atoms with van der Waals surface area (Å²) in [5.74, 6) is 0.216. The van der Waals surface area contributed by atoms with Crippen molar-refractivity contribution in [2.75, 3.05) is 12.2 Å². The zero-order valence-electron chi connectivity index (χ0n) is 5.57.